The molecule has 0 spiro atoms. The zero-order valence-corrected chi connectivity index (χ0v) is 16.1. The molecule has 1 unspecified atom stereocenters. The third kappa shape index (κ3) is 3.67. The van der Waals surface area contributed by atoms with Gasteiger partial charge in [0.2, 0.25) is 5.91 Å². The molecule has 4 rings (SSSR count). The lowest BCUT2D eigenvalue weighted by molar-refractivity contribution is -0.384. The fourth-order valence-electron chi connectivity index (χ4n) is 3.90. The molecular formula is C21H20N4O5. The lowest BCUT2D eigenvalue weighted by Crippen LogP contribution is -2.53. The van der Waals surface area contributed by atoms with Crippen molar-refractivity contribution < 1.29 is 19.3 Å². The Morgan fingerprint density at radius 1 is 0.933 bits per heavy atom. The molecule has 2 saturated heterocycles. The molecule has 2 fully saturated rings. The number of benzene rings is 2. The molecule has 1 atom stereocenters. The maximum absolute atomic E-state index is 12.9. The molecule has 0 saturated carbocycles. The first-order chi connectivity index (χ1) is 14.5. The number of hydrogen-bond donors (Lipinski definition) is 0. The Kier molecular flexibility index (Phi) is 5.28. The van der Waals surface area contributed by atoms with Crippen LogP contribution >= 0.6 is 0 Å². The molecule has 9 heteroatoms. The predicted octanol–water partition coefficient (Wildman–Crippen LogP) is 1.68. The lowest BCUT2D eigenvalue weighted by Gasteiger charge is -2.37. The van der Waals surface area contributed by atoms with Crippen molar-refractivity contribution in [2.45, 2.75) is 12.5 Å². The molecule has 0 bridgehead atoms. The van der Waals surface area contributed by atoms with E-state index in [1.54, 1.807) is 17.0 Å². The van der Waals surface area contributed by atoms with Gasteiger partial charge >= 0.3 is 0 Å². The van der Waals surface area contributed by atoms with Gasteiger partial charge in [-0.25, -0.2) is 4.90 Å². The van der Waals surface area contributed by atoms with Crippen LogP contribution in [0.3, 0.4) is 0 Å². The van der Waals surface area contributed by atoms with Crippen molar-refractivity contribution in [1.82, 2.24) is 9.80 Å². The first-order valence-corrected chi connectivity index (χ1v) is 9.65. The first kappa shape index (κ1) is 19.7. The molecule has 2 aromatic carbocycles. The molecule has 0 radical (unpaired) electrons. The Hall–Kier alpha value is -3.59. The average molecular weight is 408 g/mol. The summed E-state index contributed by atoms with van der Waals surface area (Å²) < 4.78 is 0. The fourth-order valence-corrected chi connectivity index (χ4v) is 3.90. The maximum atomic E-state index is 12.9. The summed E-state index contributed by atoms with van der Waals surface area (Å²) in [4.78, 5) is 53.1. The number of carbonyl (C=O) groups excluding carboxylic acids is 3. The number of piperazine rings is 1. The van der Waals surface area contributed by atoms with Gasteiger partial charge in [0.25, 0.3) is 17.5 Å². The summed E-state index contributed by atoms with van der Waals surface area (Å²) in [6.45, 7) is 1.94. The molecule has 154 valence electrons. The Morgan fingerprint density at radius 3 is 2.17 bits per heavy atom. The molecule has 9 nitrogen and oxygen atoms in total. The molecule has 2 aromatic rings. The van der Waals surface area contributed by atoms with E-state index in [0.717, 1.165) is 4.90 Å². The number of imide groups is 1. The first-order valence-electron chi connectivity index (χ1n) is 9.65. The highest BCUT2D eigenvalue weighted by molar-refractivity contribution is 6.22. The second-order valence-electron chi connectivity index (χ2n) is 7.26. The largest absolute Gasteiger partial charge is 0.336 e. The van der Waals surface area contributed by atoms with Crippen molar-refractivity contribution in [2.24, 2.45) is 0 Å². The van der Waals surface area contributed by atoms with Crippen molar-refractivity contribution in [3.05, 3.63) is 70.3 Å². The Bertz CT molecular complexity index is 984. The highest BCUT2D eigenvalue weighted by atomic mass is 16.6. The van der Waals surface area contributed by atoms with Gasteiger partial charge in [-0.1, -0.05) is 18.2 Å². The molecule has 0 N–H and O–H groups in total. The van der Waals surface area contributed by atoms with Gasteiger partial charge in [-0.15, -0.1) is 0 Å². The van der Waals surface area contributed by atoms with Crippen molar-refractivity contribution in [3.8, 4) is 0 Å². The number of nitro benzene ring substituents is 1. The van der Waals surface area contributed by atoms with Crippen LogP contribution in [-0.4, -0.2) is 64.7 Å². The molecular weight excluding hydrogens is 388 g/mol. The summed E-state index contributed by atoms with van der Waals surface area (Å²) in [7, 11) is 0. The van der Waals surface area contributed by atoms with E-state index < -0.39 is 11.0 Å². The third-order valence-corrected chi connectivity index (χ3v) is 5.50. The number of non-ortho nitro benzene ring substituents is 1. The summed E-state index contributed by atoms with van der Waals surface area (Å²) in [6, 6.07) is 13.8. The zero-order chi connectivity index (χ0) is 21.3. The topological polar surface area (TPSA) is 104 Å². The van der Waals surface area contributed by atoms with Crippen molar-refractivity contribution >= 4 is 29.1 Å². The van der Waals surface area contributed by atoms with Gasteiger partial charge in [0.15, 0.2) is 0 Å². The quantitative estimate of drug-likeness (QED) is 0.433. The van der Waals surface area contributed by atoms with Gasteiger partial charge in [0.1, 0.15) is 0 Å². The number of hydrogen-bond acceptors (Lipinski definition) is 6. The Morgan fingerprint density at radius 2 is 1.57 bits per heavy atom. The zero-order valence-electron chi connectivity index (χ0n) is 16.1. The molecule has 0 aromatic heterocycles. The van der Waals surface area contributed by atoms with Crippen LogP contribution < -0.4 is 4.90 Å². The van der Waals surface area contributed by atoms with Gasteiger partial charge < -0.3 is 4.90 Å². The van der Waals surface area contributed by atoms with E-state index >= 15 is 0 Å². The van der Waals surface area contributed by atoms with Gasteiger partial charge in [-0.3, -0.25) is 29.4 Å². The summed E-state index contributed by atoms with van der Waals surface area (Å²) in [6.07, 6.45) is 0.0580. The van der Waals surface area contributed by atoms with Crippen LogP contribution in [0.1, 0.15) is 16.8 Å². The van der Waals surface area contributed by atoms with E-state index in [1.807, 2.05) is 23.1 Å². The average Bonchev–Trinajstić information content (AvgIpc) is 3.08. The lowest BCUT2D eigenvalue weighted by atomic mass is 10.1. The molecule has 2 heterocycles. The summed E-state index contributed by atoms with van der Waals surface area (Å²) >= 11 is 0. The number of nitro groups is 1. The van der Waals surface area contributed by atoms with E-state index in [-0.39, 0.29) is 29.8 Å². The van der Waals surface area contributed by atoms with Crippen LogP contribution in [0, 0.1) is 10.1 Å². The number of nitrogens with zero attached hydrogens (tertiary/aromatic N) is 4. The van der Waals surface area contributed by atoms with E-state index in [9.17, 15) is 24.5 Å². The molecule has 2 aliphatic rings. The number of amides is 3. The number of rotatable bonds is 4. The minimum atomic E-state index is -0.582. The summed E-state index contributed by atoms with van der Waals surface area (Å²) in [5.41, 5.74) is 0.854. The highest BCUT2D eigenvalue weighted by Gasteiger charge is 2.43. The maximum Gasteiger partial charge on any atom is 0.269 e. The SMILES string of the molecule is O=C(c1ccccc1)N1CCN(C2CC(=O)N(c3ccc([N+](=O)[O-])cc3)C2=O)CC1. The number of anilines is 1. The standard InChI is InChI=1S/C21H20N4O5/c26-19-14-18(21(28)24(19)16-6-8-17(9-7-16)25(29)30)22-10-12-23(13-11-22)20(27)15-4-2-1-3-5-15/h1-9,18H,10-14H2. The smallest absolute Gasteiger partial charge is 0.269 e. The summed E-state index contributed by atoms with van der Waals surface area (Å²) in [5.74, 6) is -0.713. The summed E-state index contributed by atoms with van der Waals surface area (Å²) in [5, 5.41) is 10.8. The van der Waals surface area contributed by atoms with Gasteiger partial charge in [0.05, 0.1) is 23.1 Å². The minimum Gasteiger partial charge on any atom is -0.336 e. The third-order valence-electron chi connectivity index (χ3n) is 5.50. The van der Waals surface area contributed by atoms with Crippen molar-refractivity contribution in [1.29, 1.82) is 0 Å². The second-order valence-corrected chi connectivity index (χ2v) is 7.26. The monoisotopic (exact) mass is 408 g/mol. The van der Waals surface area contributed by atoms with E-state index in [1.165, 1.54) is 24.3 Å². The molecule has 30 heavy (non-hydrogen) atoms. The molecule has 2 aliphatic heterocycles. The van der Waals surface area contributed by atoms with Crippen LogP contribution in [0.25, 0.3) is 0 Å². The number of carbonyl (C=O) groups is 3. The van der Waals surface area contributed by atoms with Crippen LogP contribution in [-0.2, 0) is 9.59 Å². The Balaban J connectivity index is 1.41. The van der Waals surface area contributed by atoms with Crippen molar-refractivity contribution in [3.63, 3.8) is 0 Å². The fraction of sp³-hybridized carbons (Fsp3) is 0.286. The van der Waals surface area contributed by atoms with Crippen LogP contribution in [0.4, 0.5) is 11.4 Å². The normalized spacial score (nSPS) is 19.9. The van der Waals surface area contributed by atoms with E-state index in [0.29, 0.717) is 37.4 Å². The van der Waals surface area contributed by atoms with E-state index in [2.05, 4.69) is 0 Å². The van der Waals surface area contributed by atoms with Gasteiger partial charge in [-0.2, -0.15) is 0 Å². The minimum absolute atomic E-state index is 0.0448. The van der Waals surface area contributed by atoms with Gasteiger partial charge in [0, 0.05) is 43.9 Å². The van der Waals surface area contributed by atoms with Crippen molar-refractivity contribution in [2.75, 3.05) is 31.1 Å². The van der Waals surface area contributed by atoms with E-state index in [4.69, 9.17) is 0 Å². The van der Waals surface area contributed by atoms with Crippen LogP contribution in [0.5, 0.6) is 0 Å². The Labute approximate surface area is 172 Å². The van der Waals surface area contributed by atoms with Gasteiger partial charge in [-0.05, 0) is 24.3 Å². The highest BCUT2D eigenvalue weighted by Crippen LogP contribution is 2.28. The van der Waals surface area contributed by atoms with Crippen LogP contribution in [0.15, 0.2) is 54.6 Å². The molecule has 0 aliphatic carbocycles. The predicted molar refractivity (Wildman–Crippen MR) is 108 cm³/mol. The molecule has 3 amide bonds. The van der Waals surface area contributed by atoms with Crippen LogP contribution in [0.2, 0.25) is 0 Å². The second kappa shape index (κ2) is 8.03.